The molecule has 2 amide bonds. The van der Waals surface area contributed by atoms with E-state index >= 15 is 0 Å². The second-order valence-electron chi connectivity index (χ2n) is 14.7. The second-order valence-corrected chi connectivity index (χ2v) is 15.9. The van der Waals surface area contributed by atoms with E-state index in [1.54, 1.807) is 34.0 Å². The first-order valence-electron chi connectivity index (χ1n) is 17.4. The number of carbonyl (C=O) groups is 2. The van der Waals surface area contributed by atoms with Crippen LogP contribution >= 0.6 is 23.5 Å². The Kier molecular flexibility index (Phi) is 15.0. The lowest BCUT2D eigenvalue weighted by Crippen LogP contribution is -2.50. The van der Waals surface area contributed by atoms with Crippen molar-refractivity contribution in [3.05, 3.63) is 46.2 Å². The SMILES string of the molecule is CC/C=C(\NC(C)=NCCOC1CCC(C)(C)N1C(=O)OC(C)(C)C)SNC(=O)c1ccc(-n2ccc(OCC(C(C)C)C(C)C)n2)nc1Cl. The number of ether oxygens (including phenoxy) is 3. The average molecular weight is 734 g/mol. The molecule has 14 heteroatoms. The van der Waals surface area contributed by atoms with Crippen LogP contribution in [0.15, 0.2) is 40.5 Å². The lowest BCUT2D eigenvalue weighted by molar-refractivity contribution is -0.0689. The summed E-state index contributed by atoms with van der Waals surface area (Å²) in [5, 5.41) is 8.49. The molecule has 0 spiro atoms. The van der Waals surface area contributed by atoms with Crippen LogP contribution in [-0.2, 0) is 9.47 Å². The molecule has 2 N–H and O–H groups in total. The molecular formula is C36H56ClN7O5S. The van der Waals surface area contributed by atoms with E-state index in [0.717, 1.165) is 31.2 Å². The maximum absolute atomic E-state index is 13.1. The summed E-state index contributed by atoms with van der Waals surface area (Å²) < 4.78 is 22.1. The number of nitrogens with one attached hydrogen (secondary N) is 2. The summed E-state index contributed by atoms with van der Waals surface area (Å²) in [6, 6.07) is 5.09. The highest BCUT2D eigenvalue weighted by Gasteiger charge is 2.45. The summed E-state index contributed by atoms with van der Waals surface area (Å²) in [5.41, 5.74) is -0.715. The van der Waals surface area contributed by atoms with Gasteiger partial charge in [-0.15, -0.1) is 5.10 Å². The van der Waals surface area contributed by atoms with Crippen molar-refractivity contribution in [3.8, 4) is 11.7 Å². The Balaban J connectivity index is 1.52. The molecule has 2 aromatic heterocycles. The number of nitrogens with zero attached hydrogens (tertiary/aromatic N) is 5. The molecule has 1 fully saturated rings. The molecule has 3 rings (SSSR count). The Morgan fingerprint density at radius 1 is 1.18 bits per heavy atom. The summed E-state index contributed by atoms with van der Waals surface area (Å²) in [6.07, 6.45) is 5.24. The van der Waals surface area contributed by atoms with Crippen LogP contribution in [-0.4, -0.2) is 74.6 Å². The van der Waals surface area contributed by atoms with E-state index in [1.165, 1.54) is 0 Å². The molecule has 278 valence electrons. The van der Waals surface area contributed by atoms with Gasteiger partial charge >= 0.3 is 6.09 Å². The number of allylic oxidation sites excluding steroid dienone is 1. The second kappa shape index (κ2) is 18.3. The fourth-order valence-electron chi connectivity index (χ4n) is 5.60. The molecule has 1 aliphatic rings. The van der Waals surface area contributed by atoms with Crippen LogP contribution in [0.3, 0.4) is 0 Å². The number of halogens is 1. The fourth-order valence-corrected chi connectivity index (χ4v) is 6.60. The van der Waals surface area contributed by atoms with Gasteiger partial charge < -0.3 is 19.5 Å². The lowest BCUT2D eigenvalue weighted by Gasteiger charge is -2.36. The first-order chi connectivity index (χ1) is 23.4. The van der Waals surface area contributed by atoms with Gasteiger partial charge in [0.2, 0.25) is 5.88 Å². The standard InChI is InChI=1S/C36H56ClN7O5S/c1-12-13-30(39-25(6)38-19-21-47-31-16-18-36(10,11)44(31)34(46)49-35(7,8)9)50-42-33(45)26-14-15-28(40-32(26)37)43-20-17-29(41-43)48-22-27(23(2)3)24(4)5/h13-15,17,20,23-24,27,31H,12,16,18-19,21-22H2,1-11H3,(H,38,39)(H,42,45)/b30-13+. The first kappa shape index (κ1) is 41.1. The van der Waals surface area contributed by atoms with Crippen molar-refractivity contribution in [2.45, 2.75) is 113 Å². The van der Waals surface area contributed by atoms with E-state index in [1.807, 2.05) is 54.5 Å². The van der Waals surface area contributed by atoms with Gasteiger partial charge in [-0.1, -0.05) is 52.3 Å². The van der Waals surface area contributed by atoms with E-state index in [-0.39, 0.29) is 28.6 Å². The predicted molar refractivity (Wildman–Crippen MR) is 201 cm³/mol. The molecule has 3 heterocycles. The van der Waals surface area contributed by atoms with E-state index in [2.05, 4.69) is 52.8 Å². The maximum atomic E-state index is 13.1. The van der Waals surface area contributed by atoms with E-state index in [0.29, 0.717) is 60.1 Å². The minimum atomic E-state index is -0.589. The van der Waals surface area contributed by atoms with Crippen LogP contribution < -0.4 is 14.8 Å². The zero-order valence-corrected chi connectivity index (χ0v) is 33.1. The molecule has 0 aromatic carbocycles. The number of likely N-dealkylation sites (tertiary alicyclic amines) is 1. The summed E-state index contributed by atoms with van der Waals surface area (Å²) in [5.74, 6) is 2.64. The van der Waals surface area contributed by atoms with Crippen molar-refractivity contribution in [1.29, 1.82) is 0 Å². The fraction of sp³-hybridized carbons (Fsp3) is 0.639. The van der Waals surface area contributed by atoms with Crippen LogP contribution in [0.25, 0.3) is 5.82 Å². The number of aromatic nitrogens is 3. The van der Waals surface area contributed by atoms with Crippen molar-refractivity contribution in [2.75, 3.05) is 19.8 Å². The van der Waals surface area contributed by atoms with E-state index < -0.39 is 11.5 Å². The van der Waals surface area contributed by atoms with Crippen molar-refractivity contribution in [1.82, 2.24) is 29.7 Å². The van der Waals surface area contributed by atoms with Gasteiger partial charge in [-0.3, -0.25) is 19.4 Å². The topological polar surface area (TPSA) is 132 Å². The molecule has 1 aliphatic heterocycles. The van der Waals surface area contributed by atoms with Gasteiger partial charge in [0.25, 0.3) is 5.91 Å². The highest BCUT2D eigenvalue weighted by Crippen LogP contribution is 2.35. The van der Waals surface area contributed by atoms with Crippen LogP contribution in [0.4, 0.5) is 4.79 Å². The monoisotopic (exact) mass is 733 g/mol. The van der Waals surface area contributed by atoms with Gasteiger partial charge in [0.1, 0.15) is 17.0 Å². The highest BCUT2D eigenvalue weighted by molar-refractivity contribution is 8.01. The normalized spacial score (nSPS) is 16.8. The molecular weight excluding hydrogens is 678 g/mol. The van der Waals surface area contributed by atoms with Crippen molar-refractivity contribution in [3.63, 3.8) is 0 Å². The summed E-state index contributed by atoms with van der Waals surface area (Å²) >= 11 is 7.59. The molecule has 12 nitrogen and oxygen atoms in total. The largest absolute Gasteiger partial charge is 0.476 e. The molecule has 0 bridgehead atoms. The number of aliphatic imine (C=N–C) groups is 1. The Bertz CT molecular complexity index is 1490. The molecule has 1 unspecified atom stereocenters. The number of pyridine rings is 1. The Morgan fingerprint density at radius 2 is 1.88 bits per heavy atom. The molecule has 2 aromatic rings. The molecule has 0 radical (unpaired) electrons. The highest BCUT2D eigenvalue weighted by atomic mass is 35.5. The van der Waals surface area contributed by atoms with Gasteiger partial charge in [0.05, 0.1) is 36.2 Å². The van der Waals surface area contributed by atoms with Gasteiger partial charge in [-0.05, 0) is 90.7 Å². The molecule has 0 aliphatic carbocycles. The summed E-state index contributed by atoms with van der Waals surface area (Å²) in [7, 11) is 0. The van der Waals surface area contributed by atoms with Gasteiger partial charge in [0.15, 0.2) is 5.82 Å². The van der Waals surface area contributed by atoms with E-state index in [4.69, 9.17) is 25.8 Å². The quantitative estimate of drug-likeness (QED) is 0.0614. The van der Waals surface area contributed by atoms with Crippen LogP contribution in [0, 0.1) is 17.8 Å². The smallest absolute Gasteiger partial charge is 0.412 e. The minimum absolute atomic E-state index is 0.0563. The van der Waals surface area contributed by atoms with Crippen molar-refractivity contribution < 1.29 is 23.8 Å². The first-order valence-corrected chi connectivity index (χ1v) is 18.6. The van der Waals surface area contributed by atoms with E-state index in [9.17, 15) is 9.59 Å². The zero-order chi connectivity index (χ0) is 37.2. The summed E-state index contributed by atoms with van der Waals surface area (Å²) in [4.78, 5) is 36.6. The Labute approximate surface area is 307 Å². The molecule has 1 saturated heterocycles. The maximum Gasteiger partial charge on any atom is 0.412 e. The molecule has 0 saturated carbocycles. The number of hydrogen-bond acceptors (Lipinski definition) is 9. The van der Waals surface area contributed by atoms with Crippen molar-refractivity contribution in [2.24, 2.45) is 22.7 Å². The average Bonchev–Trinajstić information content (AvgIpc) is 3.60. The Hall–Kier alpha value is -3.29. The van der Waals surface area contributed by atoms with Crippen LogP contribution in [0.5, 0.6) is 5.88 Å². The Morgan fingerprint density at radius 3 is 2.50 bits per heavy atom. The van der Waals surface area contributed by atoms with Gasteiger partial charge in [0, 0.05) is 29.8 Å². The molecule has 50 heavy (non-hydrogen) atoms. The zero-order valence-electron chi connectivity index (χ0n) is 31.5. The predicted octanol–water partition coefficient (Wildman–Crippen LogP) is 8.02. The number of rotatable bonds is 15. The number of amides is 2. The van der Waals surface area contributed by atoms with Gasteiger partial charge in [-0.25, -0.2) is 14.5 Å². The number of carbonyl (C=O) groups excluding carboxylic acids is 2. The lowest BCUT2D eigenvalue weighted by atomic mass is 9.86. The third kappa shape index (κ3) is 12.2. The van der Waals surface area contributed by atoms with Crippen LogP contribution in [0.2, 0.25) is 5.15 Å². The third-order valence-corrected chi connectivity index (χ3v) is 9.31. The number of amidine groups is 1. The number of hydrogen-bond donors (Lipinski definition) is 2. The summed E-state index contributed by atoms with van der Waals surface area (Å²) in [6.45, 7) is 23.5. The van der Waals surface area contributed by atoms with Crippen LogP contribution in [0.1, 0.15) is 106 Å². The molecule has 1 atom stereocenters. The van der Waals surface area contributed by atoms with Gasteiger partial charge in [-0.2, -0.15) is 0 Å². The minimum Gasteiger partial charge on any atom is -0.476 e. The third-order valence-electron chi connectivity index (χ3n) is 8.25. The van der Waals surface area contributed by atoms with Crippen molar-refractivity contribution >= 4 is 41.4 Å².